The molecule has 1 aromatic carbocycles. The second-order valence-corrected chi connectivity index (χ2v) is 6.16. The molecule has 0 unspecified atom stereocenters. The van der Waals surface area contributed by atoms with Crippen molar-refractivity contribution in [1.82, 2.24) is 14.9 Å². The number of nitrogens with zero attached hydrogens (tertiary/aromatic N) is 2. The van der Waals surface area contributed by atoms with Crippen molar-refractivity contribution in [2.75, 3.05) is 20.2 Å². The van der Waals surface area contributed by atoms with Crippen molar-refractivity contribution in [3.8, 4) is 5.75 Å². The lowest BCUT2D eigenvalue weighted by molar-refractivity contribution is 0.294. The number of benzene rings is 1. The van der Waals surface area contributed by atoms with E-state index in [9.17, 15) is 0 Å². The molecular weight excluding hydrogens is 298 g/mol. The summed E-state index contributed by atoms with van der Waals surface area (Å²) in [4.78, 5) is 10.1. The number of hydrogen-bond acceptors (Lipinski definition) is 3. The van der Waals surface area contributed by atoms with Gasteiger partial charge in [-0.2, -0.15) is 0 Å². The monoisotopic (exact) mass is 319 g/mol. The van der Waals surface area contributed by atoms with Gasteiger partial charge in [-0.15, -0.1) is 0 Å². The Kier molecular flexibility index (Phi) is 4.05. The molecule has 0 spiro atoms. The fraction of sp³-hybridized carbons (Fsp3) is 0.250. The predicted octanol–water partition coefficient (Wildman–Crippen LogP) is 3.86. The summed E-state index contributed by atoms with van der Waals surface area (Å²) in [6, 6.07) is 12.5. The van der Waals surface area contributed by atoms with Crippen LogP contribution >= 0.6 is 0 Å². The molecule has 1 aliphatic heterocycles. The Morgan fingerprint density at radius 2 is 2.08 bits per heavy atom. The minimum absolute atomic E-state index is 0.910. The third-order valence-corrected chi connectivity index (χ3v) is 4.66. The summed E-state index contributed by atoms with van der Waals surface area (Å²) < 4.78 is 5.22. The predicted molar refractivity (Wildman–Crippen MR) is 97.0 cm³/mol. The summed E-state index contributed by atoms with van der Waals surface area (Å²) in [5, 5.41) is 1.22. The van der Waals surface area contributed by atoms with Gasteiger partial charge in [-0.05, 0) is 41.8 Å². The zero-order chi connectivity index (χ0) is 16.4. The molecule has 1 N–H and O–H groups in total. The van der Waals surface area contributed by atoms with Crippen LogP contribution in [-0.4, -0.2) is 35.1 Å². The lowest BCUT2D eigenvalue weighted by Crippen LogP contribution is -2.27. The van der Waals surface area contributed by atoms with Gasteiger partial charge >= 0.3 is 0 Å². The van der Waals surface area contributed by atoms with Gasteiger partial charge in [0.05, 0.1) is 7.11 Å². The molecule has 122 valence electrons. The summed E-state index contributed by atoms with van der Waals surface area (Å²) in [7, 11) is 1.70. The Balaban J connectivity index is 1.46. The lowest BCUT2D eigenvalue weighted by Gasteiger charge is -2.26. The number of methoxy groups -OCH3 is 1. The van der Waals surface area contributed by atoms with E-state index in [0.717, 1.165) is 37.5 Å². The van der Waals surface area contributed by atoms with Gasteiger partial charge in [-0.3, -0.25) is 4.90 Å². The van der Waals surface area contributed by atoms with Gasteiger partial charge in [0, 0.05) is 43.0 Å². The molecule has 0 fully saturated rings. The number of ether oxygens (including phenoxy) is 1. The number of nitrogens with one attached hydrogen (secondary N) is 1. The Bertz CT molecular complexity index is 864. The first-order valence-corrected chi connectivity index (χ1v) is 8.30. The van der Waals surface area contributed by atoms with Crippen LogP contribution in [0.2, 0.25) is 0 Å². The van der Waals surface area contributed by atoms with Crippen molar-refractivity contribution in [2.24, 2.45) is 0 Å². The van der Waals surface area contributed by atoms with E-state index in [1.54, 1.807) is 7.11 Å². The number of aromatic nitrogens is 2. The van der Waals surface area contributed by atoms with Crippen LogP contribution in [0, 0.1) is 0 Å². The fourth-order valence-corrected chi connectivity index (χ4v) is 3.31. The van der Waals surface area contributed by atoms with Crippen molar-refractivity contribution >= 4 is 16.6 Å². The van der Waals surface area contributed by atoms with Gasteiger partial charge in [0.1, 0.15) is 11.4 Å². The summed E-state index contributed by atoms with van der Waals surface area (Å²) in [6.07, 6.45) is 7.33. The first-order valence-electron chi connectivity index (χ1n) is 8.30. The van der Waals surface area contributed by atoms with Gasteiger partial charge in [-0.1, -0.05) is 18.2 Å². The van der Waals surface area contributed by atoms with Crippen LogP contribution in [0.1, 0.15) is 17.5 Å². The molecule has 0 amide bonds. The molecular formula is C20H21N3O. The van der Waals surface area contributed by atoms with Gasteiger partial charge in [0.2, 0.25) is 0 Å². The van der Waals surface area contributed by atoms with Gasteiger partial charge < -0.3 is 9.72 Å². The average Bonchev–Trinajstić information content (AvgIpc) is 3.07. The second kappa shape index (κ2) is 6.49. The van der Waals surface area contributed by atoms with E-state index in [1.165, 1.54) is 22.1 Å². The van der Waals surface area contributed by atoms with Crippen LogP contribution in [0.4, 0.5) is 0 Å². The first-order chi connectivity index (χ1) is 11.8. The van der Waals surface area contributed by atoms with Crippen LogP contribution in [-0.2, 0) is 6.54 Å². The van der Waals surface area contributed by atoms with Gasteiger partial charge in [0.25, 0.3) is 0 Å². The number of pyridine rings is 1. The highest BCUT2D eigenvalue weighted by atomic mass is 16.5. The Morgan fingerprint density at radius 3 is 2.83 bits per heavy atom. The molecule has 4 rings (SSSR count). The number of rotatable bonds is 4. The quantitative estimate of drug-likeness (QED) is 0.794. The first kappa shape index (κ1) is 15.0. The maximum atomic E-state index is 5.22. The molecule has 4 heteroatoms. The summed E-state index contributed by atoms with van der Waals surface area (Å²) >= 11 is 0. The van der Waals surface area contributed by atoms with Gasteiger partial charge in [0.15, 0.2) is 0 Å². The van der Waals surface area contributed by atoms with Crippen LogP contribution in [0.3, 0.4) is 0 Å². The van der Waals surface area contributed by atoms with Crippen LogP contribution in [0.15, 0.2) is 54.9 Å². The summed E-state index contributed by atoms with van der Waals surface area (Å²) in [6.45, 7) is 3.03. The highest BCUT2D eigenvalue weighted by molar-refractivity contribution is 5.90. The van der Waals surface area contributed by atoms with E-state index in [2.05, 4.69) is 45.3 Å². The Hall–Kier alpha value is -2.59. The molecule has 1 aliphatic rings. The van der Waals surface area contributed by atoms with Crippen LogP contribution in [0.5, 0.6) is 5.75 Å². The smallest absolute Gasteiger partial charge is 0.137 e. The van der Waals surface area contributed by atoms with Crippen LogP contribution in [0.25, 0.3) is 16.6 Å². The highest BCUT2D eigenvalue weighted by Gasteiger charge is 2.16. The molecule has 3 aromatic rings. The normalized spacial score (nSPS) is 15.5. The number of hydrogen-bond donors (Lipinski definition) is 1. The summed E-state index contributed by atoms with van der Waals surface area (Å²) in [5.74, 6) is 0.910. The average molecular weight is 319 g/mol. The zero-order valence-corrected chi connectivity index (χ0v) is 13.8. The molecule has 24 heavy (non-hydrogen) atoms. The topological polar surface area (TPSA) is 41.1 Å². The Labute approximate surface area is 141 Å². The molecule has 3 heterocycles. The summed E-state index contributed by atoms with van der Waals surface area (Å²) in [5.41, 5.74) is 5.00. The molecule has 0 atom stereocenters. The largest absolute Gasteiger partial charge is 0.497 e. The maximum Gasteiger partial charge on any atom is 0.137 e. The second-order valence-electron chi connectivity index (χ2n) is 6.16. The standard InChI is InChI=1S/C20H21N3O/c1-24-17-6-4-15(5-7-17)14-23-11-8-16(9-12-23)19-13-22-20-18(19)3-2-10-21-20/h2-8,10,13H,9,11-12,14H2,1H3,(H,21,22). The third-order valence-electron chi connectivity index (χ3n) is 4.66. The van der Waals surface area contributed by atoms with E-state index in [4.69, 9.17) is 4.74 Å². The van der Waals surface area contributed by atoms with E-state index in [1.807, 2.05) is 24.4 Å². The molecule has 0 bridgehead atoms. The van der Waals surface area contributed by atoms with E-state index in [-0.39, 0.29) is 0 Å². The molecule has 0 saturated carbocycles. The van der Waals surface area contributed by atoms with E-state index in [0.29, 0.717) is 0 Å². The van der Waals surface area contributed by atoms with Crippen molar-refractivity contribution in [1.29, 1.82) is 0 Å². The highest BCUT2D eigenvalue weighted by Crippen LogP contribution is 2.28. The molecule has 2 aromatic heterocycles. The number of H-pyrrole nitrogens is 1. The molecule has 0 radical (unpaired) electrons. The van der Waals surface area contributed by atoms with Crippen LogP contribution < -0.4 is 4.74 Å². The zero-order valence-electron chi connectivity index (χ0n) is 13.8. The third kappa shape index (κ3) is 2.93. The molecule has 4 nitrogen and oxygen atoms in total. The number of fused-ring (bicyclic) bond motifs is 1. The fourth-order valence-electron chi connectivity index (χ4n) is 3.31. The van der Waals surface area contributed by atoms with Crippen molar-refractivity contribution in [2.45, 2.75) is 13.0 Å². The van der Waals surface area contributed by atoms with E-state index >= 15 is 0 Å². The number of aromatic amines is 1. The van der Waals surface area contributed by atoms with Crippen molar-refractivity contribution < 1.29 is 4.74 Å². The minimum Gasteiger partial charge on any atom is -0.497 e. The maximum absolute atomic E-state index is 5.22. The minimum atomic E-state index is 0.910. The SMILES string of the molecule is COc1ccc(CN2CC=C(c3c[nH]c4ncccc34)CC2)cc1. The lowest BCUT2D eigenvalue weighted by atomic mass is 9.99. The van der Waals surface area contributed by atoms with E-state index < -0.39 is 0 Å². The van der Waals surface area contributed by atoms with Gasteiger partial charge in [-0.25, -0.2) is 4.98 Å². The van der Waals surface area contributed by atoms with Crippen molar-refractivity contribution in [3.63, 3.8) is 0 Å². The Morgan fingerprint density at radius 1 is 1.21 bits per heavy atom. The molecule has 0 aliphatic carbocycles. The molecule has 0 saturated heterocycles. The van der Waals surface area contributed by atoms with Crippen molar-refractivity contribution in [3.05, 3.63) is 66.0 Å².